The van der Waals surface area contributed by atoms with Crippen molar-refractivity contribution in [1.29, 1.82) is 0 Å². The Morgan fingerprint density at radius 3 is 2.65 bits per heavy atom. The van der Waals surface area contributed by atoms with Crippen LogP contribution in [0.5, 0.6) is 0 Å². The second-order valence-corrected chi connectivity index (χ2v) is 4.92. The van der Waals surface area contributed by atoms with E-state index in [-0.39, 0.29) is 5.54 Å². The van der Waals surface area contributed by atoms with Gasteiger partial charge in [-0.2, -0.15) is 0 Å². The number of hydrogen-bond donors (Lipinski definition) is 2. The van der Waals surface area contributed by atoms with E-state index in [2.05, 4.69) is 19.9 Å². The van der Waals surface area contributed by atoms with Gasteiger partial charge in [-0.3, -0.25) is 0 Å². The van der Waals surface area contributed by atoms with Gasteiger partial charge in [-0.15, -0.1) is 0 Å². The Morgan fingerprint density at radius 1 is 1.18 bits per heavy atom. The van der Waals surface area contributed by atoms with E-state index in [9.17, 15) is 0 Å². The predicted molar refractivity (Wildman–Crippen MR) is 65.3 cm³/mol. The number of aromatic amines is 1. The summed E-state index contributed by atoms with van der Waals surface area (Å²) in [5.41, 5.74) is 7.78. The van der Waals surface area contributed by atoms with Gasteiger partial charge in [0.25, 0.3) is 0 Å². The monoisotopic (exact) mass is 231 g/mol. The fourth-order valence-corrected chi connectivity index (χ4v) is 2.59. The summed E-state index contributed by atoms with van der Waals surface area (Å²) < 4.78 is 0. The molecule has 1 saturated carbocycles. The van der Waals surface area contributed by atoms with E-state index in [1.165, 1.54) is 32.0 Å². The standard InChI is InChI=1S/C12H17N5/c13-12(5-3-1-2-4-6-12)11-16-9-7-14-8-15-10(9)17-11/h7-8H,1-6,13H2,(H,14,15,16,17). The number of rotatable bonds is 1. The lowest BCUT2D eigenvalue weighted by atomic mass is 9.91. The molecule has 90 valence electrons. The zero-order chi connectivity index (χ0) is 11.7. The van der Waals surface area contributed by atoms with Gasteiger partial charge in [0.05, 0.1) is 11.7 Å². The van der Waals surface area contributed by atoms with Gasteiger partial charge in [0.1, 0.15) is 17.7 Å². The minimum atomic E-state index is -0.308. The second-order valence-electron chi connectivity index (χ2n) is 4.92. The Kier molecular flexibility index (Phi) is 2.55. The molecule has 0 aliphatic heterocycles. The van der Waals surface area contributed by atoms with E-state index < -0.39 is 0 Å². The van der Waals surface area contributed by atoms with Crippen molar-refractivity contribution < 1.29 is 0 Å². The number of nitrogens with one attached hydrogen (secondary N) is 1. The summed E-state index contributed by atoms with van der Waals surface area (Å²) in [4.78, 5) is 15.9. The molecule has 0 bridgehead atoms. The van der Waals surface area contributed by atoms with Crippen molar-refractivity contribution in [3.8, 4) is 0 Å². The van der Waals surface area contributed by atoms with Gasteiger partial charge in [0, 0.05) is 0 Å². The lowest BCUT2D eigenvalue weighted by molar-refractivity contribution is 0.366. The summed E-state index contributed by atoms with van der Waals surface area (Å²) in [5.74, 6) is 0.870. The average molecular weight is 231 g/mol. The summed E-state index contributed by atoms with van der Waals surface area (Å²) in [6, 6.07) is 0. The van der Waals surface area contributed by atoms with Crippen LogP contribution in [-0.2, 0) is 5.54 Å². The summed E-state index contributed by atoms with van der Waals surface area (Å²) in [6.45, 7) is 0. The third-order valence-corrected chi connectivity index (χ3v) is 3.63. The number of nitrogens with two attached hydrogens (primary N) is 1. The Bertz CT molecular complexity index is 477. The van der Waals surface area contributed by atoms with Gasteiger partial charge in [-0.05, 0) is 12.8 Å². The molecule has 0 unspecified atom stereocenters. The summed E-state index contributed by atoms with van der Waals surface area (Å²) >= 11 is 0. The maximum Gasteiger partial charge on any atom is 0.180 e. The molecule has 0 aromatic carbocycles. The van der Waals surface area contributed by atoms with E-state index >= 15 is 0 Å². The Balaban J connectivity index is 2.01. The van der Waals surface area contributed by atoms with Crippen molar-refractivity contribution in [3.63, 3.8) is 0 Å². The van der Waals surface area contributed by atoms with Crippen molar-refractivity contribution in [1.82, 2.24) is 19.9 Å². The maximum absolute atomic E-state index is 6.50. The first kappa shape index (κ1) is 10.7. The highest BCUT2D eigenvalue weighted by Crippen LogP contribution is 2.32. The SMILES string of the molecule is NC1(c2nc3ncncc3[nH]2)CCCCCC1. The van der Waals surface area contributed by atoms with Crippen LogP contribution in [0.1, 0.15) is 44.3 Å². The lowest BCUT2D eigenvalue weighted by Crippen LogP contribution is -2.37. The highest BCUT2D eigenvalue weighted by molar-refractivity contribution is 5.69. The third-order valence-electron chi connectivity index (χ3n) is 3.63. The van der Waals surface area contributed by atoms with Crippen LogP contribution in [0.4, 0.5) is 0 Å². The molecule has 0 radical (unpaired) electrons. The molecular formula is C12H17N5. The number of imidazole rings is 1. The highest BCUT2D eigenvalue weighted by Gasteiger charge is 2.31. The smallest absolute Gasteiger partial charge is 0.180 e. The Hall–Kier alpha value is -1.49. The van der Waals surface area contributed by atoms with Gasteiger partial charge in [0.15, 0.2) is 5.65 Å². The quantitative estimate of drug-likeness (QED) is 0.734. The topological polar surface area (TPSA) is 80.5 Å². The first-order valence-electron chi connectivity index (χ1n) is 6.23. The molecule has 17 heavy (non-hydrogen) atoms. The van der Waals surface area contributed by atoms with Crippen LogP contribution >= 0.6 is 0 Å². The number of hydrogen-bond acceptors (Lipinski definition) is 4. The summed E-state index contributed by atoms with van der Waals surface area (Å²) in [7, 11) is 0. The molecule has 2 aromatic rings. The molecule has 1 fully saturated rings. The van der Waals surface area contributed by atoms with Crippen molar-refractivity contribution >= 4 is 11.2 Å². The highest BCUT2D eigenvalue weighted by atomic mass is 15.1. The molecule has 1 aliphatic carbocycles. The maximum atomic E-state index is 6.50. The van der Waals surface area contributed by atoms with Crippen LogP contribution in [0.3, 0.4) is 0 Å². The van der Waals surface area contributed by atoms with Crippen LogP contribution in [-0.4, -0.2) is 19.9 Å². The first-order valence-corrected chi connectivity index (χ1v) is 6.23. The van der Waals surface area contributed by atoms with Gasteiger partial charge >= 0.3 is 0 Å². The third kappa shape index (κ3) is 1.91. The molecule has 0 atom stereocenters. The van der Waals surface area contributed by atoms with E-state index in [1.807, 2.05) is 0 Å². The van der Waals surface area contributed by atoms with E-state index in [4.69, 9.17) is 5.73 Å². The Morgan fingerprint density at radius 2 is 1.94 bits per heavy atom. The first-order chi connectivity index (χ1) is 8.28. The zero-order valence-corrected chi connectivity index (χ0v) is 9.82. The van der Waals surface area contributed by atoms with Crippen molar-refractivity contribution in [2.24, 2.45) is 5.73 Å². The number of aromatic nitrogens is 4. The molecule has 2 aromatic heterocycles. The average Bonchev–Trinajstić information content (AvgIpc) is 2.66. The fraction of sp³-hybridized carbons (Fsp3) is 0.583. The summed E-state index contributed by atoms with van der Waals surface area (Å²) in [6.07, 6.45) is 10.2. The largest absolute Gasteiger partial charge is 0.338 e. The molecule has 0 spiro atoms. The predicted octanol–water partition coefficient (Wildman–Crippen LogP) is 1.86. The van der Waals surface area contributed by atoms with Gasteiger partial charge in [0.2, 0.25) is 0 Å². The molecule has 3 N–H and O–H groups in total. The molecule has 5 nitrogen and oxygen atoms in total. The van der Waals surface area contributed by atoms with Crippen LogP contribution in [0.25, 0.3) is 11.2 Å². The van der Waals surface area contributed by atoms with E-state index in [1.54, 1.807) is 6.20 Å². The van der Waals surface area contributed by atoms with Crippen LogP contribution in [0.2, 0.25) is 0 Å². The van der Waals surface area contributed by atoms with Crippen molar-refractivity contribution in [3.05, 3.63) is 18.3 Å². The van der Waals surface area contributed by atoms with Gasteiger partial charge < -0.3 is 10.7 Å². The van der Waals surface area contributed by atoms with Crippen molar-refractivity contribution in [2.45, 2.75) is 44.1 Å². The van der Waals surface area contributed by atoms with E-state index in [0.717, 1.165) is 24.2 Å². The molecule has 0 amide bonds. The molecule has 1 aliphatic rings. The zero-order valence-electron chi connectivity index (χ0n) is 9.82. The van der Waals surface area contributed by atoms with Crippen LogP contribution in [0.15, 0.2) is 12.5 Å². The normalized spacial score (nSPS) is 20.3. The fourth-order valence-electron chi connectivity index (χ4n) is 2.59. The minimum Gasteiger partial charge on any atom is -0.338 e. The van der Waals surface area contributed by atoms with Crippen LogP contribution in [0, 0.1) is 0 Å². The summed E-state index contributed by atoms with van der Waals surface area (Å²) in [5, 5.41) is 0. The van der Waals surface area contributed by atoms with Crippen LogP contribution < -0.4 is 5.73 Å². The van der Waals surface area contributed by atoms with E-state index in [0.29, 0.717) is 5.65 Å². The molecule has 0 saturated heterocycles. The second kappa shape index (κ2) is 4.07. The number of fused-ring (bicyclic) bond motifs is 1. The molecular weight excluding hydrogens is 214 g/mol. The Labute approximate surface area is 99.9 Å². The lowest BCUT2D eigenvalue weighted by Gasteiger charge is -2.25. The minimum absolute atomic E-state index is 0.308. The van der Waals surface area contributed by atoms with Gasteiger partial charge in [-0.1, -0.05) is 25.7 Å². The van der Waals surface area contributed by atoms with Gasteiger partial charge in [-0.25, -0.2) is 15.0 Å². The number of H-pyrrole nitrogens is 1. The number of nitrogens with zero attached hydrogens (tertiary/aromatic N) is 3. The molecule has 3 rings (SSSR count). The molecule has 5 heteroatoms. The van der Waals surface area contributed by atoms with Crippen molar-refractivity contribution in [2.75, 3.05) is 0 Å². The molecule has 2 heterocycles.